The number of rotatable bonds is 2. The molecule has 0 spiro atoms. The number of hydrogen-bond donors (Lipinski definition) is 4. The van der Waals surface area contributed by atoms with Gasteiger partial charge in [-0.2, -0.15) is 0 Å². The van der Waals surface area contributed by atoms with Gasteiger partial charge in [0.15, 0.2) is 17.4 Å². The minimum Gasteiger partial charge on any atom is -0.410 e. The second-order valence-electron chi connectivity index (χ2n) is 5.75. The number of hydrogen-bond acceptors (Lipinski definition) is 7. The van der Waals surface area contributed by atoms with Gasteiger partial charge in [0.05, 0.1) is 0 Å². The number of Topliss-reactive ketones (excluding diaryl/α,β-unsaturated/α-hetero) is 2. The van der Waals surface area contributed by atoms with Gasteiger partial charge in [0.2, 0.25) is 17.2 Å². The van der Waals surface area contributed by atoms with E-state index in [1.807, 2.05) is 0 Å². The minimum atomic E-state index is -2.71. The molecule has 7 heteroatoms. The lowest BCUT2D eigenvalue weighted by Gasteiger charge is -2.42. The first-order valence-electron chi connectivity index (χ1n) is 7.44. The van der Waals surface area contributed by atoms with Crippen LogP contribution >= 0.6 is 0 Å². The average molecular weight is 341 g/mol. The molecule has 3 unspecified atom stereocenters. The molecule has 0 amide bonds. The van der Waals surface area contributed by atoms with E-state index in [2.05, 4.69) is 5.16 Å². The average Bonchev–Trinajstić information content (AvgIpc) is 2.66. The van der Waals surface area contributed by atoms with Crippen molar-refractivity contribution in [1.29, 1.82) is 0 Å². The van der Waals surface area contributed by atoms with Gasteiger partial charge in [0.1, 0.15) is 0 Å². The van der Waals surface area contributed by atoms with Gasteiger partial charge in [-0.15, -0.1) is 0 Å². The van der Waals surface area contributed by atoms with Crippen LogP contribution in [-0.2, 0) is 20.8 Å². The Morgan fingerprint density at radius 2 is 1.32 bits per heavy atom. The molecule has 25 heavy (non-hydrogen) atoms. The van der Waals surface area contributed by atoms with Crippen LogP contribution in [0.2, 0.25) is 0 Å². The maximum absolute atomic E-state index is 13.1. The van der Waals surface area contributed by atoms with Crippen LogP contribution in [0.1, 0.15) is 11.1 Å². The second-order valence-corrected chi connectivity index (χ2v) is 5.75. The zero-order valence-corrected chi connectivity index (χ0v) is 12.9. The van der Waals surface area contributed by atoms with Crippen molar-refractivity contribution in [2.45, 2.75) is 17.3 Å². The van der Waals surface area contributed by atoms with Crippen molar-refractivity contribution >= 4 is 17.3 Å². The summed E-state index contributed by atoms with van der Waals surface area (Å²) in [5.41, 5.74) is -6.49. The van der Waals surface area contributed by atoms with Gasteiger partial charge in [-0.25, -0.2) is 0 Å². The Balaban J connectivity index is 2.29. The zero-order chi connectivity index (χ0) is 18.2. The summed E-state index contributed by atoms with van der Waals surface area (Å²) in [6.07, 6.45) is -2.22. The lowest BCUT2D eigenvalue weighted by molar-refractivity contribution is -0.175. The Labute approximate surface area is 142 Å². The van der Waals surface area contributed by atoms with Crippen LogP contribution in [-0.4, -0.2) is 43.9 Å². The van der Waals surface area contributed by atoms with Gasteiger partial charge in [0.25, 0.3) is 0 Å². The monoisotopic (exact) mass is 341 g/mol. The number of carbonyl (C=O) groups is 2. The van der Waals surface area contributed by atoms with Crippen LogP contribution in [0.4, 0.5) is 0 Å². The number of aliphatic hydroxyl groups is 3. The summed E-state index contributed by atoms with van der Waals surface area (Å²) < 4.78 is 0. The molecule has 2 aromatic carbocycles. The third kappa shape index (κ3) is 2.21. The molecule has 1 aliphatic carbocycles. The van der Waals surface area contributed by atoms with E-state index in [0.29, 0.717) is 0 Å². The normalized spacial score (nSPS) is 31.3. The molecule has 4 N–H and O–H groups in total. The summed E-state index contributed by atoms with van der Waals surface area (Å²) in [5.74, 6) is -2.53. The van der Waals surface area contributed by atoms with E-state index in [0.717, 1.165) is 0 Å². The van der Waals surface area contributed by atoms with Crippen LogP contribution < -0.4 is 0 Å². The Morgan fingerprint density at radius 3 is 1.80 bits per heavy atom. The largest absolute Gasteiger partial charge is 0.410 e. The van der Waals surface area contributed by atoms with Crippen molar-refractivity contribution in [1.82, 2.24) is 0 Å². The molecule has 0 aliphatic heterocycles. The summed E-state index contributed by atoms with van der Waals surface area (Å²) in [7, 11) is 0. The molecule has 1 aliphatic rings. The molecule has 0 aromatic heterocycles. The van der Waals surface area contributed by atoms with Crippen LogP contribution in [0, 0.1) is 0 Å². The topological polar surface area (TPSA) is 127 Å². The minimum absolute atomic E-state index is 0.0628. The van der Waals surface area contributed by atoms with E-state index in [4.69, 9.17) is 0 Å². The van der Waals surface area contributed by atoms with E-state index in [1.54, 1.807) is 12.1 Å². The molecule has 2 aromatic rings. The van der Waals surface area contributed by atoms with Gasteiger partial charge >= 0.3 is 0 Å². The summed E-state index contributed by atoms with van der Waals surface area (Å²) >= 11 is 0. The van der Waals surface area contributed by atoms with Crippen molar-refractivity contribution in [2.75, 3.05) is 0 Å². The summed E-state index contributed by atoms with van der Waals surface area (Å²) in [5, 5.41) is 44.2. The van der Waals surface area contributed by atoms with Gasteiger partial charge in [0, 0.05) is 0 Å². The maximum Gasteiger partial charge on any atom is 0.216 e. The van der Waals surface area contributed by atoms with Crippen LogP contribution in [0.25, 0.3) is 0 Å². The molecule has 0 saturated heterocycles. The highest BCUT2D eigenvalue weighted by atomic mass is 16.4. The lowest BCUT2D eigenvalue weighted by Crippen LogP contribution is -2.68. The van der Waals surface area contributed by atoms with Crippen LogP contribution in [0.15, 0.2) is 65.8 Å². The Morgan fingerprint density at radius 1 is 0.840 bits per heavy atom. The highest BCUT2D eigenvalue weighted by Gasteiger charge is 2.65. The number of aliphatic hydroxyl groups excluding tert-OH is 1. The molecule has 128 valence electrons. The fraction of sp³-hybridized carbons (Fsp3) is 0.167. The van der Waals surface area contributed by atoms with Gasteiger partial charge < -0.3 is 20.5 Å². The highest BCUT2D eigenvalue weighted by Crippen LogP contribution is 2.41. The third-order valence-corrected chi connectivity index (χ3v) is 4.40. The zero-order valence-electron chi connectivity index (χ0n) is 12.9. The Hall–Kier alpha value is -2.87. The Kier molecular flexibility index (Phi) is 4.00. The molecule has 0 bridgehead atoms. The van der Waals surface area contributed by atoms with E-state index in [-0.39, 0.29) is 11.1 Å². The lowest BCUT2D eigenvalue weighted by atomic mass is 9.65. The first kappa shape index (κ1) is 17.0. The summed E-state index contributed by atoms with van der Waals surface area (Å²) in [6, 6.07) is 14.7. The summed E-state index contributed by atoms with van der Waals surface area (Å²) in [4.78, 5) is 25.6. The molecule has 1 fully saturated rings. The molecule has 1 saturated carbocycles. The van der Waals surface area contributed by atoms with E-state index in [1.165, 1.54) is 48.5 Å². The van der Waals surface area contributed by atoms with Crippen molar-refractivity contribution in [3.05, 3.63) is 71.8 Å². The molecule has 3 rings (SSSR count). The number of carbonyl (C=O) groups excluding carboxylic acids is 2. The van der Waals surface area contributed by atoms with Crippen molar-refractivity contribution in [3.8, 4) is 0 Å². The maximum atomic E-state index is 13.1. The van der Waals surface area contributed by atoms with Crippen LogP contribution in [0.3, 0.4) is 0 Å². The van der Waals surface area contributed by atoms with Gasteiger partial charge in [-0.3, -0.25) is 9.59 Å². The SMILES string of the molecule is O=C1C(=NO)C(O)(c2ccccc2)C(=O)C(O)(c2ccccc2)C1O. The number of nitrogens with zero attached hydrogens (tertiary/aromatic N) is 1. The first-order valence-corrected chi connectivity index (χ1v) is 7.44. The molecule has 7 nitrogen and oxygen atoms in total. The molecular formula is C18H15NO6. The number of ketones is 2. The summed E-state index contributed by atoms with van der Waals surface area (Å²) in [6.45, 7) is 0. The predicted molar refractivity (Wildman–Crippen MR) is 85.9 cm³/mol. The van der Waals surface area contributed by atoms with Gasteiger partial charge in [-0.1, -0.05) is 65.8 Å². The van der Waals surface area contributed by atoms with Crippen molar-refractivity contribution < 1.29 is 30.1 Å². The molecule has 0 heterocycles. The molecular weight excluding hydrogens is 326 g/mol. The Bertz CT molecular complexity index is 850. The quantitative estimate of drug-likeness (QED) is 0.453. The van der Waals surface area contributed by atoms with Crippen LogP contribution in [0.5, 0.6) is 0 Å². The van der Waals surface area contributed by atoms with Crippen molar-refractivity contribution in [2.24, 2.45) is 5.16 Å². The molecule has 0 radical (unpaired) electrons. The van der Waals surface area contributed by atoms with E-state index in [9.17, 15) is 30.1 Å². The van der Waals surface area contributed by atoms with E-state index < -0.39 is 34.6 Å². The second kappa shape index (κ2) is 5.89. The number of oxime groups is 1. The first-order chi connectivity index (χ1) is 11.9. The smallest absolute Gasteiger partial charge is 0.216 e. The van der Waals surface area contributed by atoms with Crippen molar-refractivity contribution in [3.63, 3.8) is 0 Å². The van der Waals surface area contributed by atoms with Gasteiger partial charge in [-0.05, 0) is 11.1 Å². The number of benzene rings is 2. The predicted octanol–water partition coefficient (Wildman–Crippen LogP) is 0.105. The standard InChI is InChI=1S/C18H15NO6/c20-13-14(19-25)17(23,11-7-3-1-4-8-11)16(22)18(24,15(13)21)12-9-5-2-6-10-12/h1-10,15,21,23-25H. The fourth-order valence-corrected chi connectivity index (χ4v) is 3.06. The highest BCUT2D eigenvalue weighted by molar-refractivity contribution is 6.51. The molecule has 3 atom stereocenters. The van der Waals surface area contributed by atoms with E-state index >= 15 is 0 Å². The third-order valence-electron chi connectivity index (χ3n) is 4.40. The fourth-order valence-electron chi connectivity index (χ4n) is 3.06.